The monoisotopic (exact) mass is 322 g/mol. The van der Waals surface area contributed by atoms with Gasteiger partial charge in [0.2, 0.25) is 11.8 Å². The lowest BCUT2D eigenvalue weighted by Gasteiger charge is -2.07. The molecular weight excluding hydrogens is 300 g/mol. The first-order valence-electron chi connectivity index (χ1n) is 8.28. The van der Waals surface area contributed by atoms with Crippen molar-refractivity contribution in [2.24, 2.45) is 11.8 Å². The van der Waals surface area contributed by atoms with Crippen molar-refractivity contribution in [1.82, 2.24) is 10.6 Å². The van der Waals surface area contributed by atoms with E-state index >= 15 is 0 Å². The highest BCUT2D eigenvalue weighted by atomic mass is 16.2. The molecule has 2 unspecified atom stereocenters. The fraction of sp³-hybridized carbons (Fsp3) is 0.300. The summed E-state index contributed by atoms with van der Waals surface area (Å²) in [6.45, 7) is 3.04. The summed E-state index contributed by atoms with van der Waals surface area (Å²) in [5.41, 5.74) is 3.31. The van der Waals surface area contributed by atoms with Crippen LogP contribution in [0.25, 0.3) is 0 Å². The van der Waals surface area contributed by atoms with E-state index < -0.39 is 0 Å². The van der Waals surface area contributed by atoms with Crippen molar-refractivity contribution in [2.45, 2.75) is 26.4 Å². The minimum absolute atomic E-state index is 0.0311. The van der Waals surface area contributed by atoms with E-state index in [2.05, 4.69) is 16.7 Å². The zero-order valence-corrected chi connectivity index (χ0v) is 13.8. The van der Waals surface area contributed by atoms with Crippen molar-refractivity contribution in [3.8, 4) is 0 Å². The first-order valence-corrected chi connectivity index (χ1v) is 8.28. The van der Waals surface area contributed by atoms with Gasteiger partial charge in [0, 0.05) is 13.1 Å². The van der Waals surface area contributed by atoms with Crippen LogP contribution < -0.4 is 10.6 Å². The van der Waals surface area contributed by atoms with Gasteiger partial charge < -0.3 is 10.6 Å². The molecule has 0 bridgehead atoms. The summed E-state index contributed by atoms with van der Waals surface area (Å²) in [5, 5.41) is 5.84. The van der Waals surface area contributed by atoms with Crippen LogP contribution in [-0.4, -0.2) is 11.8 Å². The summed E-state index contributed by atoms with van der Waals surface area (Å²) in [6.07, 6.45) is 0.639. The normalized spacial score (nSPS) is 18.7. The van der Waals surface area contributed by atoms with Gasteiger partial charge >= 0.3 is 0 Å². The molecule has 0 saturated heterocycles. The number of carbonyl (C=O) groups excluding carboxylic acids is 2. The Labute approximate surface area is 142 Å². The van der Waals surface area contributed by atoms with Gasteiger partial charge in [0.1, 0.15) is 0 Å². The van der Waals surface area contributed by atoms with Gasteiger partial charge in [-0.15, -0.1) is 0 Å². The summed E-state index contributed by atoms with van der Waals surface area (Å²) in [6, 6.07) is 17.8. The van der Waals surface area contributed by atoms with Crippen LogP contribution >= 0.6 is 0 Å². The summed E-state index contributed by atoms with van der Waals surface area (Å²) in [7, 11) is 0. The number of hydrogen-bond donors (Lipinski definition) is 2. The predicted octanol–water partition coefficient (Wildman–Crippen LogP) is 2.56. The smallest absolute Gasteiger partial charge is 0.224 e. The van der Waals surface area contributed by atoms with Crippen LogP contribution in [0.3, 0.4) is 0 Å². The van der Waals surface area contributed by atoms with Gasteiger partial charge in [-0.1, -0.05) is 60.2 Å². The highest BCUT2D eigenvalue weighted by Gasteiger charge is 2.47. The first kappa shape index (κ1) is 16.2. The molecule has 1 fully saturated rings. The molecule has 0 spiro atoms. The van der Waals surface area contributed by atoms with Gasteiger partial charge in [0.15, 0.2) is 0 Å². The molecule has 2 N–H and O–H groups in total. The van der Waals surface area contributed by atoms with E-state index in [1.165, 1.54) is 5.56 Å². The topological polar surface area (TPSA) is 58.2 Å². The predicted molar refractivity (Wildman–Crippen MR) is 92.9 cm³/mol. The lowest BCUT2D eigenvalue weighted by Crippen LogP contribution is -2.29. The molecule has 2 atom stereocenters. The maximum Gasteiger partial charge on any atom is 0.224 e. The molecule has 2 amide bonds. The summed E-state index contributed by atoms with van der Waals surface area (Å²) in [5.74, 6) is -0.442. The van der Waals surface area contributed by atoms with Gasteiger partial charge in [-0.25, -0.2) is 0 Å². The largest absolute Gasteiger partial charge is 0.352 e. The number of amides is 2. The Kier molecular flexibility index (Phi) is 4.94. The molecule has 0 radical (unpaired) electrons. The number of hydrogen-bond acceptors (Lipinski definition) is 2. The fourth-order valence-electron chi connectivity index (χ4n) is 2.83. The van der Waals surface area contributed by atoms with Crippen molar-refractivity contribution >= 4 is 11.8 Å². The minimum Gasteiger partial charge on any atom is -0.352 e. The Morgan fingerprint density at radius 1 is 0.875 bits per heavy atom. The number of benzene rings is 2. The highest BCUT2D eigenvalue weighted by molar-refractivity contribution is 5.92. The second-order valence-corrected chi connectivity index (χ2v) is 6.36. The van der Waals surface area contributed by atoms with Crippen molar-refractivity contribution in [2.75, 3.05) is 0 Å². The summed E-state index contributed by atoms with van der Waals surface area (Å²) < 4.78 is 0. The summed E-state index contributed by atoms with van der Waals surface area (Å²) >= 11 is 0. The second kappa shape index (κ2) is 7.30. The van der Waals surface area contributed by atoms with Crippen LogP contribution in [0.5, 0.6) is 0 Å². The third-order valence-electron chi connectivity index (χ3n) is 4.32. The lowest BCUT2D eigenvalue weighted by molar-refractivity contribution is -0.127. The third-order valence-corrected chi connectivity index (χ3v) is 4.32. The van der Waals surface area contributed by atoms with E-state index in [4.69, 9.17) is 0 Å². The van der Waals surface area contributed by atoms with Gasteiger partial charge in [0.25, 0.3) is 0 Å². The van der Waals surface area contributed by atoms with Gasteiger partial charge in [-0.3, -0.25) is 9.59 Å². The Morgan fingerprint density at radius 2 is 1.46 bits per heavy atom. The molecule has 1 aliphatic carbocycles. The SMILES string of the molecule is Cc1cccc(CNC(=O)C2CC2C(=O)NCc2ccccc2)c1. The van der Waals surface area contributed by atoms with E-state index in [0.29, 0.717) is 19.5 Å². The van der Waals surface area contributed by atoms with Crippen LogP contribution in [0.1, 0.15) is 23.1 Å². The van der Waals surface area contributed by atoms with Gasteiger partial charge in [0.05, 0.1) is 11.8 Å². The van der Waals surface area contributed by atoms with E-state index in [1.54, 1.807) is 0 Å². The third kappa shape index (κ3) is 4.22. The van der Waals surface area contributed by atoms with E-state index in [1.807, 2.05) is 55.5 Å². The first-order chi connectivity index (χ1) is 11.6. The van der Waals surface area contributed by atoms with Crippen molar-refractivity contribution in [1.29, 1.82) is 0 Å². The van der Waals surface area contributed by atoms with Crippen LogP contribution in [0, 0.1) is 18.8 Å². The van der Waals surface area contributed by atoms with Crippen molar-refractivity contribution in [3.63, 3.8) is 0 Å². The Bertz CT molecular complexity index is 727. The van der Waals surface area contributed by atoms with Gasteiger partial charge in [-0.05, 0) is 24.5 Å². The van der Waals surface area contributed by atoms with Crippen LogP contribution in [0.4, 0.5) is 0 Å². The molecule has 2 aromatic rings. The lowest BCUT2D eigenvalue weighted by atomic mass is 10.1. The number of carbonyl (C=O) groups is 2. The maximum absolute atomic E-state index is 12.2. The second-order valence-electron chi connectivity index (χ2n) is 6.36. The van der Waals surface area contributed by atoms with Crippen LogP contribution in [-0.2, 0) is 22.7 Å². The molecule has 24 heavy (non-hydrogen) atoms. The standard InChI is InChI=1S/C20H22N2O2/c1-14-6-5-9-16(10-14)13-22-20(24)18-11-17(18)19(23)21-12-15-7-3-2-4-8-15/h2-10,17-18H,11-13H2,1H3,(H,21,23)(H,22,24). The van der Waals surface area contributed by atoms with Crippen molar-refractivity contribution in [3.05, 3.63) is 71.3 Å². The molecule has 4 nitrogen and oxygen atoms in total. The highest BCUT2D eigenvalue weighted by Crippen LogP contribution is 2.38. The fourth-order valence-corrected chi connectivity index (χ4v) is 2.83. The quantitative estimate of drug-likeness (QED) is 0.859. The number of nitrogens with one attached hydrogen (secondary N) is 2. The number of aryl methyl sites for hydroxylation is 1. The zero-order chi connectivity index (χ0) is 16.9. The van der Waals surface area contributed by atoms with E-state index in [9.17, 15) is 9.59 Å². The molecule has 2 aromatic carbocycles. The van der Waals surface area contributed by atoms with Crippen molar-refractivity contribution < 1.29 is 9.59 Å². The molecular formula is C20H22N2O2. The Morgan fingerprint density at radius 3 is 2.08 bits per heavy atom. The molecule has 1 saturated carbocycles. The van der Waals surface area contributed by atoms with E-state index in [-0.39, 0.29) is 23.7 Å². The molecule has 4 heteroatoms. The minimum atomic E-state index is -0.189. The average molecular weight is 322 g/mol. The number of rotatable bonds is 6. The maximum atomic E-state index is 12.2. The average Bonchev–Trinajstić information content (AvgIpc) is 3.39. The zero-order valence-electron chi connectivity index (χ0n) is 13.8. The Hall–Kier alpha value is -2.62. The molecule has 0 aromatic heterocycles. The molecule has 1 aliphatic rings. The summed E-state index contributed by atoms with van der Waals surface area (Å²) in [4.78, 5) is 24.3. The van der Waals surface area contributed by atoms with Crippen LogP contribution in [0.15, 0.2) is 54.6 Å². The Balaban J connectivity index is 1.42. The molecule has 0 heterocycles. The molecule has 3 rings (SSSR count). The van der Waals surface area contributed by atoms with Crippen LogP contribution in [0.2, 0.25) is 0 Å². The molecule has 0 aliphatic heterocycles. The van der Waals surface area contributed by atoms with E-state index in [0.717, 1.165) is 11.1 Å². The molecule has 124 valence electrons. The van der Waals surface area contributed by atoms with Gasteiger partial charge in [-0.2, -0.15) is 0 Å².